The first-order chi connectivity index (χ1) is 12.9. The monoisotopic (exact) mass is 359 g/mol. The zero-order valence-corrected chi connectivity index (χ0v) is 15.6. The molecule has 3 rings (SSSR count). The zero-order chi connectivity index (χ0) is 19.4. The first-order valence-corrected chi connectivity index (χ1v) is 8.69. The van der Waals surface area contributed by atoms with E-state index in [0.717, 1.165) is 5.56 Å². The largest absolute Gasteiger partial charge is 0.488 e. The maximum atomic E-state index is 11.4. The molecule has 0 fully saturated rings. The molecule has 5 heteroatoms. The van der Waals surface area contributed by atoms with Gasteiger partial charge >= 0.3 is 0 Å². The summed E-state index contributed by atoms with van der Waals surface area (Å²) in [6.45, 7) is 6.90. The van der Waals surface area contributed by atoms with Crippen LogP contribution < -0.4 is 10.3 Å². The minimum atomic E-state index is -0.238. The van der Waals surface area contributed by atoms with Crippen molar-refractivity contribution in [2.24, 2.45) is 0 Å². The average Bonchev–Trinajstić information content (AvgIpc) is 2.66. The van der Waals surface area contributed by atoms with E-state index in [1.54, 1.807) is 18.2 Å². The fraction of sp³-hybridized carbons (Fsp3) is 0.227. The van der Waals surface area contributed by atoms with Crippen molar-refractivity contribution in [1.29, 1.82) is 5.26 Å². The molecule has 1 heterocycles. The summed E-state index contributed by atoms with van der Waals surface area (Å²) >= 11 is 0. The Labute approximate surface area is 158 Å². The van der Waals surface area contributed by atoms with Crippen molar-refractivity contribution in [2.75, 3.05) is 0 Å². The van der Waals surface area contributed by atoms with E-state index in [9.17, 15) is 10.1 Å². The van der Waals surface area contributed by atoms with Gasteiger partial charge in [0.2, 0.25) is 0 Å². The third kappa shape index (κ3) is 4.42. The van der Waals surface area contributed by atoms with E-state index >= 15 is 0 Å². The van der Waals surface area contributed by atoms with Crippen molar-refractivity contribution in [1.82, 2.24) is 9.97 Å². The molecule has 3 aromatic rings. The van der Waals surface area contributed by atoms with E-state index in [1.807, 2.05) is 12.1 Å². The molecule has 0 atom stereocenters. The summed E-state index contributed by atoms with van der Waals surface area (Å²) in [6.07, 6.45) is 1.44. The van der Waals surface area contributed by atoms with Gasteiger partial charge < -0.3 is 9.72 Å². The van der Waals surface area contributed by atoms with E-state index in [1.165, 1.54) is 17.8 Å². The highest BCUT2D eigenvalue weighted by atomic mass is 16.5. The molecule has 0 aliphatic heterocycles. The van der Waals surface area contributed by atoms with Gasteiger partial charge in [-0.15, -0.1) is 0 Å². The molecule has 5 nitrogen and oxygen atoms in total. The highest BCUT2D eigenvalue weighted by Gasteiger charge is 2.13. The third-order valence-electron chi connectivity index (χ3n) is 4.26. The van der Waals surface area contributed by atoms with Crippen molar-refractivity contribution < 1.29 is 4.74 Å². The second-order valence-corrected chi connectivity index (χ2v) is 7.34. The predicted molar refractivity (Wildman–Crippen MR) is 104 cm³/mol. The lowest BCUT2D eigenvalue weighted by Crippen LogP contribution is -2.10. The lowest BCUT2D eigenvalue weighted by Gasteiger charge is -2.19. The number of hydrogen-bond acceptors (Lipinski definition) is 4. The first-order valence-electron chi connectivity index (χ1n) is 8.69. The quantitative estimate of drug-likeness (QED) is 0.758. The molecule has 0 bridgehead atoms. The first kappa shape index (κ1) is 18.4. The molecular formula is C22H21N3O2. The van der Waals surface area contributed by atoms with Crippen LogP contribution in [0.1, 0.15) is 37.5 Å². The van der Waals surface area contributed by atoms with Crippen LogP contribution in [0.4, 0.5) is 0 Å². The normalized spacial score (nSPS) is 11.0. The van der Waals surface area contributed by atoms with E-state index in [0.29, 0.717) is 29.3 Å². The van der Waals surface area contributed by atoms with Crippen molar-refractivity contribution in [2.45, 2.75) is 32.8 Å². The Balaban J connectivity index is 1.77. The fourth-order valence-electron chi connectivity index (χ4n) is 2.67. The SMILES string of the molecule is CC(C)(C)c1ccc(COc2ccc(-c3nccc(=O)[nH]3)cc2C#N)cc1. The van der Waals surface area contributed by atoms with Crippen LogP contribution >= 0.6 is 0 Å². The molecule has 2 aromatic carbocycles. The Bertz CT molecular complexity index is 1040. The van der Waals surface area contributed by atoms with Crippen molar-refractivity contribution in [3.8, 4) is 23.2 Å². The van der Waals surface area contributed by atoms with Crippen molar-refractivity contribution in [3.63, 3.8) is 0 Å². The smallest absolute Gasteiger partial charge is 0.251 e. The highest BCUT2D eigenvalue weighted by molar-refractivity contribution is 5.61. The summed E-state index contributed by atoms with van der Waals surface area (Å²) in [7, 11) is 0. The van der Waals surface area contributed by atoms with Gasteiger partial charge in [-0.2, -0.15) is 5.26 Å². The van der Waals surface area contributed by atoms with Crippen LogP contribution in [-0.2, 0) is 12.0 Å². The van der Waals surface area contributed by atoms with Crippen LogP contribution in [0.2, 0.25) is 0 Å². The molecule has 27 heavy (non-hydrogen) atoms. The second-order valence-electron chi connectivity index (χ2n) is 7.34. The topological polar surface area (TPSA) is 78.8 Å². The molecule has 0 unspecified atom stereocenters. The van der Waals surface area contributed by atoms with Crippen LogP contribution in [0, 0.1) is 11.3 Å². The third-order valence-corrected chi connectivity index (χ3v) is 4.26. The molecule has 1 N–H and O–H groups in total. The van der Waals surface area contributed by atoms with E-state index < -0.39 is 0 Å². The Morgan fingerprint density at radius 3 is 2.48 bits per heavy atom. The van der Waals surface area contributed by atoms with Gasteiger partial charge in [0.25, 0.3) is 5.56 Å². The predicted octanol–water partition coefficient (Wildman–Crippen LogP) is 4.19. The van der Waals surface area contributed by atoms with Gasteiger partial charge in [-0.1, -0.05) is 45.0 Å². The van der Waals surface area contributed by atoms with Gasteiger partial charge in [0.05, 0.1) is 5.56 Å². The second kappa shape index (κ2) is 7.46. The summed E-state index contributed by atoms with van der Waals surface area (Å²) < 4.78 is 5.84. The van der Waals surface area contributed by atoms with E-state index in [4.69, 9.17) is 4.74 Å². The van der Waals surface area contributed by atoms with Gasteiger partial charge in [0.15, 0.2) is 0 Å². The minimum Gasteiger partial charge on any atom is -0.488 e. The molecule has 0 saturated carbocycles. The molecule has 0 radical (unpaired) electrons. The lowest BCUT2D eigenvalue weighted by molar-refractivity contribution is 0.305. The molecule has 1 aromatic heterocycles. The van der Waals surface area contributed by atoms with Crippen LogP contribution in [-0.4, -0.2) is 9.97 Å². The summed E-state index contributed by atoms with van der Waals surface area (Å²) in [5.41, 5.74) is 3.21. The highest BCUT2D eigenvalue weighted by Crippen LogP contribution is 2.26. The number of rotatable bonds is 4. The molecule has 0 aliphatic rings. The maximum Gasteiger partial charge on any atom is 0.251 e. The Morgan fingerprint density at radius 2 is 1.85 bits per heavy atom. The summed E-state index contributed by atoms with van der Waals surface area (Å²) in [6, 6.07) is 16.9. The molecule has 136 valence electrons. The maximum absolute atomic E-state index is 11.4. The Kier molecular flexibility index (Phi) is 5.09. The molecule has 0 spiro atoms. The number of aromatic nitrogens is 2. The van der Waals surface area contributed by atoms with Gasteiger partial charge in [-0.3, -0.25) is 4.79 Å². The standard InChI is InChI=1S/C22H21N3O2/c1-22(2,3)18-7-4-15(5-8-18)14-27-19-9-6-16(12-17(19)13-23)21-24-11-10-20(26)25-21/h4-12H,14H2,1-3H3,(H,24,25,26). The fourth-order valence-corrected chi connectivity index (χ4v) is 2.67. The van der Waals surface area contributed by atoms with Crippen molar-refractivity contribution in [3.05, 3.63) is 81.8 Å². The molecule has 0 aliphatic carbocycles. The molecular weight excluding hydrogens is 338 g/mol. The van der Waals surface area contributed by atoms with Gasteiger partial charge in [0.1, 0.15) is 24.3 Å². The Morgan fingerprint density at radius 1 is 1.11 bits per heavy atom. The number of benzene rings is 2. The number of aromatic amines is 1. The number of nitriles is 1. The molecule has 0 saturated heterocycles. The summed E-state index contributed by atoms with van der Waals surface area (Å²) in [5.74, 6) is 0.919. The number of nitrogens with one attached hydrogen (secondary N) is 1. The van der Waals surface area contributed by atoms with E-state index in [-0.39, 0.29) is 11.0 Å². The van der Waals surface area contributed by atoms with Gasteiger partial charge in [0, 0.05) is 17.8 Å². The number of hydrogen-bond donors (Lipinski definition) is 1. The number of nitrogens with zero attached hydrogens (tertiary/aromatic N) is 2. The van der Waals surface area contributed by atoms with Gasteiger partial charge in [-0.25, -0.2) is 4.98 Å². The zero-order valence-electron chi connectivity index (χ0n) is 15.6. The minimum absolute atomic E-state index is 0.107. The summed E-state index contributed by atoms with van der Waals surface area (Å²) in [4.78, 5) is 18.2. The van der Waals surface area contributed by atoms with Crippen LogP contribution in [0.25, 0.3) is 11.4 Å². The lowest BCUT2D eigenvalue weighted by atomic mass is 9.87. The molecule has 0 amide bonds. The number of H-pyrrole nitrogens is 1. The van der Waals surface area contributed by atoms with Crippen LogP contribution in [0.3, 0.4) is 0 Å². The summed E-state index contributed by atoms with van der Waals surface area (Å²) in [5, 5.41) is 9.45. The van der Waals surface area contributed by atoms with Crippen LogP contribution in [0.5, 0.6) is 5.75 Å². The van der Waals surface area contributed by atoms with Crippen LogP contribution in [0.15, 0.2) is 59.5 Å². The average molecular weight is 359 g/mol. The Hall–Kier alpha value is -3.39. The van der Waals surface area contributed by atoms with E-state index in [2.05, 4.69) is 48.9 Å². The van der Waals surface area contributed by atoms with Gasteiger partial charge in [-0.05, 0) is 34.7 Å². The van der Waals surface area contributed by atoms with Crippen molar-refractivity contribution >= 4 is 0 Å². The number of ether oxygens (including phenoxy) is 1.